The van der Waals surface area contributed by atoms with Crippen LogP contribution in [0.2, 0.25) is 0 Å². The smallest absolute Gasteiger partial charge is 0.255 e. The number of hydrogen-bond donors (Lipinski definition) is 3. The number of carbonyl (C=O) groups is 2. The van der Waals surface area contributed by atoms with E-state index in [1.54, 1.807) is 12.3 Å². The van der Waals surface area contributed by atoms with Crippen molar-refractivity contribution in [2.75, 3.05) is 11.1 Å². The highest BCUT2D eigenvalue weighted by Crippen LogP contribution is 2.27. The molecule has 3 rings (SSSR count). The van der Waals surface area contributed by atoms with Gasteiger partial charge in [-0.2, -0.15) is 0 Å². The van der Waals surface area contributed by atoms with Crippen molar-refractivity contribution in [1.82, 2.24) is 10.3 Å². The number of rotatable bonds is 7. The van der Waals surface area contributed by atoms with Crippen LogP contribution in [0.3, 0.4) is 0 Å². The van der Waals surface area contributed by atoms with E-state index in [0.717, 1.165) is 27.9 Å². The molecule has 0 saturated carbocycles. The molecule has 160 valence electrons. The fourth-order valence-electron chi connectivity index (χ4n) is 3.34. The molecular formula is C25H28N4O2. The fourth-order valence-corrected chi connectivity index (χ4v) is 3.34. The SMILES string of the molecule is Cc1cc(NC(=O)CCc2ccccc2)ccc1-c1cnc(N)c(C(=O)NC(C)C)c1. The molecule has 0 aliphatic carbocycles. The summed E-state index contributed by atoms with van der Waals surface area (Å²) in [4.78, 5) is 28.9. The van der Waals surface area contributed by atoms with Crippen LogP contribution in [0, 0.1) is 6.92 Å². The lowest BCUT2D eigenvalue weighted by atomic mass is 9.99. The number of nitrogen functional groups attached to an aromatic ring is 1. The van der Waals surface area contributed by atoms with Gasteiger partial charge < -0.3 is 16.4 Å². The highest BCUT2D eigenvalue weighted by atomic mass is 16.2. The average molecular weight is 417 g/mol. The van der Waals surface area contributed by atoms with Crippen LogP contribution < -0.4 is 16.4 Å². The molecule has 6 nitrogen and oxygen atoms in total. The van der Waals surface area contributed by atoms with Crippen LogP contribution in [-0.4, -0.2) is 22.8 Å². The summed E-state index contributed by atoms with van der Waals surface area (Å²) in [5.74, 6) is -0.0820. The molecule has 0 saturated heterocycles. The molecule has 0 aliphatic heterocycles. The number of nitrogens with one attached hydrogen (secondary N) is 2. The summed E-state index contributed by atoms with van der Waals surface area (Å²) in [6, 6.07) is 17.4. The number of carbonyl (C=O) groups excluding carboxylic acids is 2. The summed E-state index contributed by atoms with van der Waals surface area (Å²) in [6.07, 6.45) is 2.77. The summed E-state index contributed by atoms with van der Waals surface area (Å²) < 4.78 is 0. The second kappa shape index (κ2) is 9.89. The highest BCUT2D eigenvalue weighted by Gasteiger charge is 2.14. The van der Waals surface area contributed by atoms with Gasteiger partial charge in [-0.1, -0.05) is 36.4 Å². The minimum absolute atomic E-state index is 0.00192. The van der Waals surface area contributed by atoms with Crippen molar-refractivity contribution in [1.29, 1.82) is 0 Å². The van der Waals surface area contributed by atoms with E-state index in [-0.39, 0.29) is 23.7 Å². The molecule has 6 heteroatoms. The minimum Gasteiger partial charge on any atom is -0.383 e. The Kier molecular flexibility index (Phi) is 7.03. The van der Waals surface area contributed by atoms with Gasteiger partial charge in [0.1, 0.15) is 5.82 Å². The second-order valence-electron chi connectivity index (χ2n) is 7.85. The maximum Gasteiger partial charge on any atom is 0.255 e. The van der Waals surface area contributed by atoms with Gasteiger partial charge in [-0.15, -0.1) is 0 Å². The molecule has 2 aromatic carbocycles. The number of nitrogens with zero attached hydrogens (tertiary/aromatic N) is 1. The molecule has 0 atom stereocenters. The van der Waals surface area contributed by atoms with E-state index >= 15 is 0 Å². The Bertz CT molecular complexity index is 1080. The molecule has 0 bridgehead atoms. The first-order valence-electron chi connectivity index (χ1n) is 10.3. The molecule has 0 fully saturated rings. The first kappa shape index (κ1) is 22.0. The number of amides is 2. The van der Waals surface area contributed by atoms with Gasteiger partial charge in [0.15, 0.2) is 0 Å². The van der Waals surface area contributed by atoms with Crippen molar-refractivity contribution >= 4 is 23.3 Å². The van der Waals surface area contributed by atoms with Gasteiger partial charge in [0.05, 0.1) is 5.56 Å². The zero-order valence-corrected chi connectivity index (χ0v) is 18.1. The Balaban J connectivity index is 1.72. The fraction of sp³-hybridized carbons (Fsp3) is 0.240. The number of nitrogens with two attached hydrogens (primary N) is 1. The van der Waals surface area contributed by atoms with E-state index in [1.165, 1.54) is 0 Å². The molecular weight excluding hydrogens is 388 g/mol. The standard InChI is InChI=1S/C25H28N4O2/c1-16(2)28-25(31)22-14-19(15-27-24(22)26)21-11-10-20(13-17(21)3)29-23(30)12-9-18-7-5-4-6-8-18/h4-8,10-11,13-16H,9,12H2,1-3H3,(H2,26,27)(H,28,31)(H,29,30). The molecule has 0 radical (unpaired) electrons. The molecule has 0 aliphatic rings. The quantitative estimate of drug-likeness (QED) is 0.533. The van der Waals surface area contributed by atoms with Crippen molar-refractivity contribution in [3.05, 3.63) is 77.5 Å². The number of anilines is 2. The lowest BCUT2D eigenvalue weighted by Crippen LogP contribution is -2.30. The Morgan fingerprint density at radius 2 is 1.81 bits per heavy atom. The molecule has 3 aromatic rings. The number of aromatic nitrogens is 1. The Morgan fingerprint density at radius 3 is 2.48 bits per heavy atom. The average Bonchev–Trinajstić information content (AvgIpc) is 2.73. The van der Waals surface area contributed by atoms with Crippen LogP contribution in [-0.2, 0) is 11.2 Å². The highest BCUT2D eigenvalue weighted by molar-refractivity contribution is 5.99. The second-order valence-corrected chi connectivity index (χ2v) is 7.85. The zero-order valence-electron chi connectivity index (χ0n) is 18.1. The van der Waals surface area contributed by atoms with Crippen LogP contribution in [0.5, 0.6) is 0 Å². The van der Waals surface area contributed by atoms with Crippen LogP contribution in [0.4, 0.5) is 11.5 Å². The molecule has 31 heavy (non-hydrogen) atoms. The van der Waals surface area contributed by atoms with E-state index in [0.29, 0.717) is 18.4 Å². The maximum atomic E-state index is 12.4. The lowest BCUT2D eigenvalue weighted by Gasteiger charge is -2.13. The summed E-state index contributed by atoms with van der Waals surface area (Å²) in [5, 5.41) is 5.79. The number of hydrogen-bond acceptors (Lipinski definition) is 4. The van der Waals surface area contributed by atoms with E-state index in [9.17, 15) is 9.59 Å². The minimum atomic E-state index is -0.248. The molecule has 4 N–H and O–H groups in total. The third kappa shape index (κ3) is 5.92. The summed E-state index contributed by atoms with van der Waals surface area (Å²) in [7, 11) is 0. The number of pyridine rings is 1. The predicted molar refractivity (Wildman–Crippen MR) is 125 cm³/mol. The zero-order chi connectivity index (χ0) is 22.4. The van der Waals surface area contributed by atoms with Crippen molar-refractivity contribution in [2.45, 2.75) is 39.7 Å². The van der Waals surface area contributed by atoms with Gasteiger partial charge >= 0.3 is 0 Å². The van der Waals surface area contributed by atoms with E-state index in [1.807, 2.05) is 69.3 Å². The van der Waals surface area contributed by atoms with E-state index in [2.05, 4.69) is 15.6 Å². The first-order valence-corrected chi connectivity index (χ1v) is 10.3. The first-order chi connectivity index (χ1) is 14.8. The van der Waals surface area contributed by atoms with Crippen LogP contribution in [0.1, 0.15) is 41.8 Å². The van der Waals surface area contributed by atoms with Gasteiger partial charge in [-0.3, -0.25) is 9.59 Å². The van der Waals surface area contributed by atoms with Gasteiger partial charge in [-0.25, -0.2) is 4.98 Å². The van der Waals surface area contributed by atoms with Gasteiger partial charge in [-0.05, 0) is 62.1 Å². The van der Waals surface area contributed by atoms with Crippen LogP contribution >= 0.6 is 0 Å². The molecule has 0 spiro atoms. The monoisotopic (exact) mass is 416 g/mol. The van der Waals surface area contributed by atoms with Gasteiger partial charge in [0.25, 0.3) is 5.91 Å². The Hall–Kier alpha value is -3.67. The topological polar surface area (TPSA) is 97.1 Å². The van der Waals surface area contributed by atoms with Gasteiger partial charge in [0, 0.05) is 29.9 Å². The predicted octanol–water partition coefficient (Wildman–Crippen LogP) is 4.35. The van der Waals surface area contributed by atoms with Crippen LogP contribution in [0.15, 0.2) is 60.8 Å². The molecule has 0 unspecified atom stereocenters. The maximum absolute atomic E-state index is 12.4. The summed E-state index contributed by atoms with van der Waals surface area (Å²) >= 11 is 0. The van der Waals surface area contributed by atoms with Crippen molar-refractivity contribution < 1.29 is 9.59 Å². The number of aryl methyl sites for hydroxylation is 2. The third-order valence-corrected chi connectivity index (χ3v) is 4.89. The van der Waals surface area contributed by atoms with Crippen LogP contribution in [0.25, 0.3) is 11.1 Å². The third-order valence-electron chi connectivity index (χ3n) is 4.89. The normalized spacial score (nSPS) is 10.7. The lowest BCUT2D eigenvalue weighted by molar-refractivity contribution is -0.116. The molecule has 1 aromatic heterocycles. The Morgan fingerprint density at radius 1 is 1.06 bits per heavy atom. The Labute approximate surface area is 182 Å². The van der Waals surface area contributed by atoms with Crippen molar-refractivity contribution in [3.63, 3.8) is 0 Å². The number of benzene rings is 2. The van der Waals surface area contributed by atoms with E-state index in [4.69, 9.17) is 5.73 Å². The van der Waals surface area contributed by atoms with Crippen molar-refractivity contribution in [3.8, 4) is 11.1 Å². The molecule has 2 amide bonds. The van der Waals surface area contributed by atoms with Crippen molar-refractivity contribution in [2.24, 2.45) is 0 Å². The summed E-state index contributed by atoms with van der Waals surface area (Å²) in [6.45, 7) is 5.74. The largest absolute Gasteiger partial charge is 0.383 e. The molecule has 1 heterocycles. The van der Waals surface area contributed by atoms with E-state index < -0.39 is 0 Å². The summed E-state index contributed by atoms with van der Waals surface area (Å²) in [5.41, 5.74) is 10.8. The van der Waals surface area contributed by atoms with Gasteiger partial charge in [0.2, 0.25) is 5.91 Å².